The quantitative estimate of drug-likeness (QED) is 0.367. The lowest BCUT2D eigenvalue weighted by molar-refractivity contribution is -0.142. The first kappa shape index (κ1) is 20.9. The fraction of sp³-hybridized carbons (Fsp3) is 0.318. The van der Waals surface area contributed by atoms with E-state index in [1.54, 1.807) is 42.1 Å². The fourth-order valence-corrected chi connectivity index (χ4v) is 3.18. The highest BCUT2D eigenvalue weighted by atomic mass is 32.2. The molecule has 2 aromatic carbocycles. The Bertz CT molecular complexity index is 891. The van der Waals surface area contributed by atoms with E-state index in [-0.39, 0.29) is 31.0 Å². The minimum Gasteiger partial charge on any atom is -0.490 e. The summed E-state index contributed by atoms with van der Waals surface area (Å²) in [5.74, 6) is 0.0927. The van der Waals surface area contributed by atoms with Crippen LogP contribution in [-0.2, 0) is 9.53 Å². The molecular weight excluding hydrogens is 392 g/mol. The number of thioether (sulfide) groups is 1. The molecular formula is C22H22O6S. The van der Waals surface area contributed by atoms with Gasteiger partial charge in [-0.1, -0.05) is 12.1 Å². The zero-order valence-electron chi connectivity index (χ0n) is 16.1. The molecule has 152 valence electrons. The third-order valence-corrected chi connectivity index (χ3v) is 5.15. The summed E-state index contributed by atoms with van der Waals surface area (Å²) in [5, 5.41) is 0. The SMILES string of the molecule is CSc1ccc(C(=O)COC(=O)CCC(=O)c2ccc3c(c2)OCCCO3)cc1. The summed E-state index contributed by atoms with van der Waals surface area (Å²) in [6, 6.07) is 12.1. The van der Waals surface area contributed by atoms with Gasteiger partial charge in [-0.05, 0) is 36.6 Å². The van der Waals surface area contributed by atoms with Gasteiger partial charge in [0, 0.05) is 28.9 Å². The van der Waals surface area contributed by atoms with Gasteiger partial charge in [0.1, 0.15) is 0 Å². The summed E-state index contributed by atoms with van der Waals surface area (Å²) in [7, 11) is 0. The van der Waals surface area contributed by atoms with E-state index in [4.69, 9.17) is 14.2 Å². The van der Waals surface area contributed by atoms with Crippen LogP contribution >= 0.6 is 11.8 Å². The maximum Gasteiger partial charge on any atom is 0.306 e. The number of carbonyl (C=O) groups excluding carboxylic acids is 3. The van der Waals surface area contributed by atoms with E-state index in [1.807, 2.05) is 18.4 Å². The number of ether oxygens (including phenoxy) is 3. The molecule has 29 heavy (non-hydrogen) atoms. The van der Waals surface area contributed by atoms with E-state index in [0.717, 1.165) is 11.3 Å². The van der Waals surface area contributed by atoms with Gasteiger partial charge in [-0.3, -0.25) is 14.4 Å². The molecule has 0 fully saturated rings. The molecule has 3 rings (SSSR count). The van der Waals surface area contributed by atoms with Crippen LogP contribution in [0.2, 0.25) is 0 Å². The second kappa shape index (κ2) is 10.1. The van der Waals surface area contributed by atoms with Crippen molar-refractivity contribution < 1.29 is 28.6 Å². The highest BCUT2D eigenvalue weighted by Gasteiger charge is 2.16. The van der Waals surface area contributed by atoms with E-state index >= 15 is 0 Å². The predicted octanol–water partition coefficient (Wildman–Crippen LogP) is 3.96. The number of Topliss-reactive ketones (excluding diaryl/α,β-unsaturated/α-hetero) is 2. The molecule has 0 saturated heterocycles. The molecule has 1 heterocycles. The fourth-order valence-electron chi connectivity index (χ4n) is 2.78. The molecule has 0 saturated carbocycles. The monoisotopic (exact) mass is 414 g/mol. The van der Waals surface area contributed by atoms with Gasteiger partial charge in [0.2, 0.25) is 0 Å². The molecule has 7 heteroatoms. The number of fused-ring (bicyclic) bond motifs is 1. The largest absolute Gasteiger partial charge is 0.490 e. The Balaban J connectivity index is 1.46. The average Bonchev–Trinajstić information content (AvgIpc) is 3.00. The van der Waals surface area contributed by atoms with Crippen molar-refractivity contribution in [3.8, 4) is 11.5 Å². The minimum atomic E-state index is -0.582. The van der Waals surface area contributed by atoms with Crippen molar-refractivity contribution in [2.75, 3.05) is 26.1 Å². The molecule has 0 aromatic heterocycles. The smallest absolute Gasteiger partial charge is 0.306 e. The molecule has 0 N–H and O–H groups in total. The van der Waals surface area contributed by atoms with Crippen LogP contribution in [0.1, 0.15) is 40.0 Å². The molecule has 0 radical (unpaired) electrons. The van der Waals surface area contributed by atoms with Crippen LogP contribution in [0.25, 0.3) is 0 Å². The molecule has 1 aliphatic heterocycles. The predicted molar refractivity (Wildman–Crippen MR) is 109 cm³/mol. The van der Waals surface area contributed by atoms with Gasteiger partial charge in [0.15, 0.2) is 29.7 Å². The molecule has 2 aromatic rings. The van der Waals surface area contributed by atoms with Gasteiger partial charge in [0.05, 0.1) is 19.6 Å². The Hall–Kier alpha value is -2.80. The standard InChI is InChI=1S/C22H22O6S/c1-29-17-6-3-15(4-7-17)19(24)14-28-22(25)10-8-18(23)16-5-9-20-21(13-16)27-12-2-11-26-20/h3-7,9,13H,2,8,10-12,14H2,1H3. The highest BCUT2D eigenvalue weighted by molar-refractivity contribution is 7.98. The first-order valence-electron chi connectivity index (χ1n) is 9.32. The summed E-state index contributed by atoms with van der Waals surface area (Å²) < 4.78 is 16.1. The van der Waals surface area contributed by atoms with Crippen LogP contribution in [-0.4, -0.2) is 43.6 Å². The number of rotatable bonds is 8. The maximum atomic E-state index is 12.4. The first-order chi connectivity index (χ1) is 14.1. The topological polar surface area (TPSA) is 78.9 Å². The normalized spacial score (nSPS) is 12.7. The minimum absolute atomic E-state index is 0.00487. The number of hydrogen-bond donors (Lipinski definition) is 0. The summed E-state index contributed by atoms with van der Waals surface area (Å²) in [4.78, 5) is 37.4. The second-order valence-corrected chi connectivity index (χ2v) is 7.33. The Morgan fingerprint density at radius 3 is 2.31 bits per heavy atom. The van der Waals surface area contributed by atoms with Crippen molar-refractivity contribution >= 4 is 29.3 Å². The van der Waals surface area contributed by atoms with Crippen LogP contribution < -0.4 is 9.47 Å². The van der Waals surface area contributed by atoms with Crippen molar-refractivity contribution in [3.05, 3.63) is 53.6 Å². The zero-order chi connectivity index (χ0) is 20.6. The van der Waals surface area contributed by atoms with E-state index in [9.17, 15) is 14.4 Å². The van der Waals surface area contributed by atoms with Gasteiger partial charge in [-0.25, -0.2) is 0 Å². The number of ketones is 2. The molecule has 0 amide bonds. The third kappa shape index (κ3) is 5.84. The number of benzene rings is 2. The van der Waals surface area contributed by atoms with Crippen molar-refractivity contribution in [2.24, 2.45) is 0 Å². The molecule has 0 unspecified atom stereocenters. The lowest BCUT2D eigenvalue weighted by Gasteiger charge is -2.09. The van der Waals surface area contributed by atoms with E-state index < -0.39 is 5.97 Å². The zero-order valence-corrected chi connectivity index (χ0v) is 17.0. The van der Waals surface area contributed by atoms with Crippen molar-refractivity contribution in [1.82, 2.24) is 0 Å². The molecule has 0 bridgehead atoms. The third-order valence-electron chi connectivity index (χ3n) is 4.40. The summed E-state index contributed by atoms with van der Waals surface area (Å²) in [5.41, 5.74) is 0.936. The first-order valence-corrected chi connectivity index (χ1v) is 10.5. The Labute approximate surface area is 173 Å². The number of carbonyl (C=O) groups is 3. The van der Waals surface area contributed by atoms with E-state index in [0.29, 0.717) is 35.8 Å². The van der Waals surface area contributed by atoms with Crippen LogP contribution in [0.15, 0.2) is 47.4 Å². The second-order valence-electron chi connectivity index (χ2n) is 6.45. The van der Waals surface area contributed by atoms with Crippen molar-refractivity contribution in [2.45, 2.75) is 24.2 Å². The molecule has 1 aliphatic rings. The van der Waals surface area contributed by atoms with E-state index in [1.165, 1.54) is 0 Å². The van der Waals surface area contributed by atoms with Gasteiger partial charge in [-0.15, -0.1) is 11.8 Å². The lowest BCUT2D eigenvalue weighted by Crippen LogP contribution is -2.15. The maximum absolute atomic E-state index is 12.4. The molecule has 0 atom stereocenters. The highest BCUT2D eigenvalue weighted by Crippen LogP contribution is 2.30. The number of esters is 1. The summed E-state index contributed by atoms with van der Waals surface area (Å²) >= 11 is 1.58. The summed E-state index contributed by atoms with van der Waals surface area (Å²) in [6.45, 7) is 0.771. The molecule has 0 spiro atoms. The Morgan fingerprint density at radius 1 is 0.897 bits per heavy atom. The Kier molecular flexibility index (Phi) is 7.30. The van der Waals surface area contributed by atoms with Gasteiger partial charge in [0.25, 0.3) is 0 Å². The number of hydrogen-bond acceptors (Lipinski definition) is 7. The van der Waals surface area contributed by atoms with Gasteiger partial charge < -0.3 is 14.2 Å². The van der Waals surface area contributed by atoms with E-state index in [2.05, 4.69) is 0 Å². The van der Waals surface area contributed by atoms with Crippen LogP contribution in [0.5, 0.6) is 11.5 Å². The summed E-state index contributed by atoms with van der Waals surface area (Å²) in [6.07, 6.45) is 2.64. The van der Waals surface area contributed by atoms with Crippen LogP contribution in [0.4, 0.5) is 0 Å². The van der Waals surface area contributed by atoms with Crippen LogP contribution in [0.3, 0.4) is 0 Å². The molecule has 6 nitrogen and oxygen atoms in total. The van der Waals surface area contributed by atoms with Crippen molar-refractivity contribution in [3.63, 3.8) is 0 Å². The van der Waals surface area contributed by atoms with Crippen molar-refractivity contribution in [1.29, 1.82) is 0 Å². The van der Waals surface area contributed by atoms with Gasteiger partial charge in [-0.2, -0.15) is 0 Å². The molecule has 0 aliphatic carbocycles. The van der Waals surface area contributed by atoms with Crippen LogP contribution in [0, 0.1) is 0 Å². The van der Waals surface area contributed by atoms with Gasteiger partial charge >= 0.3 is 5.97 Å². The Morgan fingerprint density at radius 2 is 1.59 bits per heavy atom. The lowest BCUT2D eigenvalue weighted by atomic mass is 10.1. The average molecular weight is 414 g/mol.